The van der Waals surface area contributed by atoms with Crippen molar-refractivity contribution in [3.8, 4) is 0 Å². The van der Waals surface area contributed by atoms with E-state index in [0.717, 1.165) is 13.0 Å². The van der Waals surface area contributed by atoms with E-state index in [4.69, 9.17) is 0 Å². The largest absolute Gasteiger partial charge is 0.352 e. The van der Waals surface area contributed by atoms with E-state index in [1.165, 1.54) is 12.1 Å². The quantitative estimate of drug-likeness (QED) is 0.490. The Hall–Kier alpha value is -2.22. The number of amides is 1. The molecule has 1 amide bonds. The summed E-state index contributed by atoms with van der Waals surface area (Å²) in [5.74, 6) is -0.337. The normalized spacial score (nSPS) is 10.3. The second-order valence-corrected chi connectivity index (χ2v) is 5.10. The van der Waals surface area contributed by atoms with Gasteiger partial charge in [-0.25, -0.2) is 4.98 Å². The van der Waals surface area contributed by atoms with Crippen LogP contribution < -0.4 is 5.32 Å². The van der Waals surface area contributed by atoms with Crippen LogP contribution in [-0.4, -0.2) is 26.9 Å². The second kappa shape index (κ2) is 6.98. The Morgan fingerprint density at radius 1 is 1.48 bits per heavy atom. The summed E-state index contributed by atoms with van der Waals surface area (Å²) in [6, 6.07) is 4.38. The van der Waals surface area contributed by atoms with Gasteiger partial charge in [0.05, 0.1) is 16.8 Å². The zero-order valence-electron chi connectivity index (χ0n) is 11.0. The number of imidazole rings is 1. The number of aromatic nitrogens is 2. The Kier molecular flexibility index (Phi) is 5.04. The summed E-state index contributed by atoms with van der Waals surface area (Å²) in [6.45, 7) is 1.22. The number of halogens is 1. The molecular formula is C13H13BrN4O3. The third-order valence-electron chi connectivity index (χ3n) is 2.86. The Bertz CT molecular complexity index is 643. The molecule has 8 heteroatoms. The van der Waals surface area contributed by atoms with Crippen LogP contribution >= 0.6 is 15.9 Å². The third-order valence-corrected chi connectivity index (χ3v) is 3.69. The zero-order chi connectivity index (χ0) is 15.2. The molecule has 2 aromatic rings. The van der Waals surface area contributed by atoms with Gasteiger partial charge >= 0.3 is 0 Å². The number of hydrogen-bond acceptors (Lipinski definition) is 4. The predicted molar refractivity (Wildman–Crippen MR) is 80.0 cm³/mol. The molecule has 0 aliphatic heterocycles. The Balaban J connectivity index is 1.91. The molecule has 2 rings (SSSR count). The molecule has 0 spiro atoms. The van der Waals surface area contributed by atoms with E-state index in [0.29, 0.717) is 6.54 Å². The summed E-state index contributed by atoms with van der Waals surface area (Å²) in [5.41, 5.74) is 0.132. The van der Waals surface area contributed by atoms with Gasteiger partial charge in [-0.05, 0) is 28.4 Å². The molecule has 1 N–H and O–H groups in total. The van der Waals surface area contributed by atoms with E-state index in [9.17, 15) is 14.9 Å². The van der Waals surface area contributed by atoms with Gasteiger partial charge in [0.2, 0.25) is 0 Å². The number of benzene rings is 1. The molecule has 0 unspecified atom stereocenters. The fourth-order valence-electron chi connectivity index (χ4n) is 1.81. The molecule has 1 aromatic heterocycles. The number of hydrogen-bond donors (Lipinski definition) is 1. The maximum atomic E-state index is 12.0. The van der Waals surface area contributed by atoms with Gasteiger partial charge in [-0.2, -0.15) is 0 Å². The van der Waals surface area contributed by atoms with Gasteiger partial charge in [0.25, 0.3) is 11.6 Å². The first-order valence-corrected chi connectivity index (χ1v) is 7.05. The van der Waals surface area contributed by atoms with E-state index in [2.05, 4.69) is 26.2 Å². The third kappa shape index (κ3) is 3.88. The fourth-order valence-corrected chi connectivity index (χ4v) is 2.40. The van der Waals surface area contributed by atoms with Crippen LogP contribution in [0.5, 0.6) is 0 Å². The Labute approximate surface area is 129 Å². The number of carbonyl (C=O) groups excluding carboxylic acids is 1. The minimum atomic E-state index is -0.528. The van der Waals surface area contributed by atoms with Gasteiger partial charge in [-0.3, -0.25) is 14.9 Å². The van der Waals surface area contributed by atoms with Gasteiger partial charge in [0, 0.05) is 31.5 Å². The average Bonchev–Trinajstić information content (AvgIpc) is 2.96. The molecule has 110 valence electrons. The van der Waals surface area contributed by atoms with Gasteiger partial charge in [-0.1, -0.05) is 6.07 Å². The monoisotopic (exact) mass is 352 g/mol. The molecule has 0 aliphatic rings. The van der Waals surface area contributed by atoms with Crippen LogP contribution in [0.3, 0.4) is 0 Å². The van der Waals surface area contributed by atoms with Crippen molar-refractivity contribution in [2.24, 2.45) is 0 Å². The van der Waals surface area contributed by atoms with Gasteiger partial charge in [-0.15, -0.1) is 0 Å². The number of carbonyl (C=O) groups is 1. The van der Waals surface area contributed by atoms with E-state index in [1.54, 1.807) is 18.6 Å². The molecule has 1 aromatic carbocycles. The molecule has 7 nitrogen and oxygen atoms in total. The van der Waals surface area contributed by atoms with E-state index >= 15 is 0 Å². The highest BCUT2D eigenvalue weighted by Gasteiger charge is 2.18. The molecule has 0 bridgehead atoms. The summed E-state index contributed by atoms with van der Waals surface area (Å²) in [6.07, 6.45) is 5.99. The minimum absolute atomic E-state index is 0.124. The maximum Gasteiger partial charge on any atom is 0.284 e. The average molecular weight is 353 g/mol. The zero-order valence-corrected chi connectivity index (χ0v) is 12.6. The molecule has 21 heavy (non-hydrogen) atoms. The van der Waals surface area contributed by atoms with Crippen LogP contribution in [0.4, 0.5) is 5.69 Å². The van der Waals surface area contributed by atoms with Crippen LogP contribution in [-0.2, 0) is 6.54 Å². The highest BCUT2D eigenvalue weighted by molar-refractivity contribution is 9.10. The summed E-state index contributed by atoms with van der Waals surface area (Å²) in [5, 5.41) is 13.6. The van der Waals surface area contributed by atoms with Crippen molar-refractivity contribution in [1.82, 2.24) is 14.9 Å². The summed E-state index contributed by atoms with van der Waals surface area (Å²) < 4.78 is 2.11. The summed E-state index contributed by atoms with van der Waals surface area (Å²) in [7, 11) is 0. The molecule has 0 radical (unpaired) electrons. The lowest BCUT2D eigenvalue weighted by atomic mass is 10.2. The van der Waals surface area contributed by atoms with Gasteiger partial charge in [0.15, 0.2) is 0 Å². The molecule has 0 atom stereocenters. The molecule has 0 fully saturated rings. The number of nitrogens with one attached hydrogen (secondary N) is 1. The predicted octanol–water partition coefficient (Wildman–Crippen LogP) is 2.37. The van der Waals surface area contributed by atoms with E-state index in [1.807, 2.05) is 10.8 Å². The van der Waals surface area contributed by atoms with E-state index < -0.39 is 4.92 Å². The standard InChI is InChI=1S/C13H13BrN4O3/c14-12-10(3-1-4-11(12)18(20)21)13(19)16-5-2-7-17-8-6-15-9-17/h1,3-4,6,8-9H,2,5,7H2,(H,16,19). The minimum Gasteiger partial charge on any atom is -0.352 e. The van der Waals surface area contributed by atoms with Crippen molar-refractivity contribution in [2.75, 3.05) is 6.54 Å². The van der Waals surface area contributed by atoms with Crippen molar-refractivity contribution in [2.45, 2.75) is 13.0 Å². The molecule has 0 saturated heterocycles. The SMILES string of the molecule is O=C(NCCCn1ccnc1)c1cccc([N+](=O)[O-])c1Br. The topological polar surface area (TPSA) is 90.1 Å². The molecular weight excluding hydrogens is 340 g/mol. The summed E-state index contributed by atoms with van der Waals surface area (Å²) >= 11 is 3.11. The van der Waals surface area contributed by atoms with Crippen LogP contribution in [0.1, 0.15) is 16.8 Å². The number of nitrogens with zero attached hydrogens (tertiary/aromatic N) is 3. The Morgan fingerprint density at radius 2 is 2.29 bits per heavy atom. The number of rotatable bonds is 6. The summed E-state index contributed by atoms with van der Waals surface area (Å²) in [4.78, 5) is 26.2. The highest BCUT2D eigenvalue weighted by atomic mass is 79.9. The lowest BCUT2D eigenvalue weighted by Crippen LogP contribution is -2.25. The lowest BCUT2D eigenvalue weighted by Gasteiger charge is -2.07. The van der Waals surface area contributed by atoms with Crippen molar-refractivity contribution in [1.29, 1.82) is 0 Å². The second-order valence-electron chi connectivity index (χ2n) is 4.31. The number of nitro benzene ring substituents is 1. The first-order valence-electron chi connectivity index (χ1n) is 6.26. The van der Waals surface area contributed by atoms with Gasteiger partial charge < -0.3 is 9.88 Å². The first-order chi connectivity index (χ1) is 10.1. The van der Waals surface area contributed by atoms with Crippen molar-refractivity contribution >= 4 is 27.5 Å². The molecule has 0 aliphatic carbocycles. The van der Waals surface area contributed by atoms with Gasteiger partial charge in [0.1, 0.15) is 4.47 Å². The highest BCUT2D eigenvalue weighted by Crippen LogP contribution is 2.28. The first kappa shape index (κ1) is 15.2. The van der Waals surface area contributed by atoms with Crippen LogP contribution in [0.2, 0.25) is 0 Å². The fraction of sp³-hybridized carbons (Fsp3) is 0.231. The maximum absolute atomic E-state index is 12.0. The van der Waals surface area contributed by atoms with Crippen molar-refractivity contribution < 1.29 is 9.72 Å². The number of nitro groups is 1. The van der Waals surface area contributed by atoms with Crippen LogP contribution in [0, 0.1) is 10.1 Å². The molecule has 1 heterocycles. The Morgan fingerprint density at radius 3 is 2.95 bits per heavy atom. The smallest absolute Gasteiger partial charge is 0.284 e. The van der Waals surface area contributed by atoms with E-state index in [-0.39, 0.29) is 21.6 Å². The van der Waals surface area contributed by atoms with Crippen molar-refractivity contribution in [3.05, 3.63) is 57.1 Å². The lowest BCUT2D eigenvalue weighted by molar-refractivity contribution is -0.385. The molecule has 0 saturated carbocycles. The van der Waals surface area contributed by atoms with Crippen molar-refractivity contribution in [3.63, 3.8) is 0 Å². The van der Waals surface area contributed by atoms with Crippen LogP contribution in [0.25, 0.3) is 0 Å². The van der Waals surface area contributed by atoms with Crippen LogP contribution in [0.15, 0.2) is 41.4 Å². The number of aryl methyl sites for hydroxylation is 1.